The summed E-state index contributed by atoms with van der Waals surface area (Å²) >= 11 is 0. The number of nitrogens with zero attached hydrogens (tertiary/aromatic N) is 3. The summed E-state index contributed by atoms with van der Waals surface area (Å²) < 4.78 is 0. The van der Waals surface area contributed by atoms with Gasteiger partial charge in [0.25, 0.3) is 0 Å². The van der Waals surface area contributed by atoms with Crippen LogP contribution in [0.5, 0.6) is 0 Å². The van der Waals surface area contributed by atoms with Crippen LogP contribution in [0, 0.1) is 0 Å². The van der Waals surface area contributed by atoms with Gasteiger partial charge in [-0.2, -0.15) is 0 Å². The zero-order valence-electron chi connectivity index (χ0n) is 9.82. The van der Waals surface area contributed by atoms with Crippen LogP contribution in [-0.4, -0.2) is 20.1 Å². The second kappa shape index (κ2) is 5.14. The average Bonchev–Trinajstić information content (AvgIpc) is 2.79. The van der Waals surface area contributed by atoms with Crippen LogP contribution in [-0.2, 0) is 0 Å². The van der Waals surface area contributed by atoms with E-state index in [2.05, 4.69) is 23.4 Å². The first kappa shape index (κ1) is 11.9. The van der Waals surface area contributed by atoms with Gasteiger partial charge < -0.3 is 5.11 Å². The van der Waals surface area contributed by atoms with Gasteiger partial charge in [0, 0.05) is 0 Å². The Hall–Kier alpha value is -2.62. The highest BCUT2D eigenvalue weighted by Gasteiger charge is 2.09. The molecule has 0 saturated carbocycles. The van der Waals surface area contributed by atoms with Crippen molar-refractivity contribution in [2.45, 2.75) is 0 Å². The zero-order valence-corrected chi connectivity index (χ0v) is 9.82. The zero-order chi connectivity index (χ0) is 13.0. The number of allylic oxidation sites excluding steroid dienone is 5. The lowest BCUT2D eigenvalue weighted by Crippen LogP contribution is -2.03. The van der Waals surface area contributed by atoms with Crippen molar-refractivity contribution in [1.82, 2.24) is 15.0 Å². The van der Waals surface area contributed by atoms with Crippen LogP contribution in [0.4, 0.5) is 0 Å². The van der Waals surface area contributed by atoms with Crippen LogP contribution in [0.25, 0.3) is 16.7 Å². The first-order valence-corrected chi connectivity index (χ1v) is 5.43. The van der Waals surface area contributed by atoms with Crippen molar-refractivity contribution in [1.29, 1.82) is 0 Å². The Morgan fingerprint density at radius 1 is 1.06 bits per heavy atom. The minimum atomic E-state index is 0.0326. The molecule has 0 spiro atoms. The van der Waals surface area contributed by atoms with Crippen molar-refractivity contribution in [2.75, 3.05) is 0 Å². The first-order valence-electron chi connectivity index (χ1n) is 5.43. The fourth-order valence-electron chi connectivity index (χ4n) is 1.53. The largest absolute Gasteiger partial charge is 0.506 e. The molecule has 0 amide bonds. The molecule has 0 radical (unpaired) electrons. The number of hydrogen-bond donors (Lipinski definition) is 1. The summed E-state index contributed by atoms with van der Waals surface area (Å²) in [5.74, 6) is 0.0326. The average molecular weight is 239 g/mol. The highest BCUT2D eigenvalue weighted by molar-refractivity contribution is 5.75. The molecule has 0 saturated heterocycles. The molecule has 4 nitrogen and oxygen atoms in total. The second-order valence-electron chi connectivity index (χ2n) is 3.55. The topological polar surface area (TPSA) is 50.9 Å². The maximum atomic E-state index is 9.89. The van der Waals surface area contributed by atoms with Crippen molar-refractivity contribution in [2.24, 2.45) is 0 Å². The lowest BCUT2D eigenvalue weighted by molar-refractivity contribution is 0.428. The number of benzene rings is 1. The number of fused-ring (bicyclic) bond motifs is 1. The molecule has 2 rings (SSSR count). The smallest absolute Gasteiger partial charge is 0.143 e. The molecule has 0 atom stereocenters. The van der Waals surface area contributed by atoms with E-state index in [1.807, 2.05) is 24.3 Å². The molecule has 18 heavy (non-hydrogen) atoms. The lowest BCUT2D eigenvalue weighted by atomic mass is 10.3. The standard InChI is InChI=1S/C14H13N3O/c1-3-7-13(14(18)8-4-2)17-15-11-9-5-6-10-12(11)16-17/h3-10,18H,1-2H2/b13-7+,14-8+. The Bertz CT molecular complexity index is 617. The molecule has 0 fully saturated rings. The number of aliphatic hydroxyl groups excluding tert-OH is 1. The van der Waals surface area contributed by atoms with E-state index in [4.69, 9.17) is 0 Å². The number of rotatable bonds is 4. The minimum absolute atomic E-state index is 0.0326. The summed E-state index contributed by atoms with van der Waals surface area (Å²) in [6, 6.07) is 7.49. The van der Waals surface area contributed by atoms with E-state index in [0.29, 0.717) is 5.70 Å². The van der Waals surface area contributed by atoms with Gasteiger partial charge in [-0.15, -0.1) is 15.0 Å². The minimum Gasteiger partial charge on any atom is -0.506 e. The maximum Gasteiger partial charge on any atom is 0.143 e. The van der Waals surface area contributed by atoms with Crippen LogP contribution in [0.15, 0.2) is 67.5 Å². The Morgan fingerprint density at radius 2 is 1.61 bits per heavy atom. The van der Waals surface area contributed by atoms with Crippen molar-refractivity contribution in [3.8, 4) is 0 Å². The third kappa shape index (κ3) is 2.22. The quantitative estimate of drug-likeness (QED) is 0.659. The molecular weight excluding hydrogens is 226 g/mol. The lowest BCUT2D eigenvalue weighted by Gasteiger charge is -2.03. The van der Waals surface area contributed by atoms with Gasteiger partial charge in [-0.25, -0.2) is 0 Å². The number of hydrogen-bond acceptors (Lipinski definition) is 3. The van der Waals surface area contributed by atoms with Crippen molar-refractivity contribution < 1.29 is 5.11 Å². The Morgan fingerprint density at radius 3 is 2.11 bits per heavy atom. The highest BCUT2D eigenvalue weighted by Crippen LogP contribution is 2.15. The molecule has 1 heterocycles. The number of aromatic nitrogens is 3. The molecule has 1 aromatic carbocycles. The molecular formula is C14H13N3O. The van der Waals surface area contributed by atoms with Gasteiger partial charge in [-0.3, -0.25) is 0 Å². The molecule has 0 aliphatic carbocycles. The molecule has 4 heteroatoms. The van der Waals surface area contributed by atoms with E-state index in [1.165, 1.54) is 16.9 Å². The molecule has 0 bridgehead atoms. The molecule has 0 aliphatic heterocycles. The maximum absolute atomic E-state index is 9.89. The van der Waals surface area contributed by atoms with Gasteiger partial charge in [-0.1, -0.05) is 37.4 Å². The summed E-state index contributed by atoms with van der Waals surface area (Å²) in [4.78, 5) is 1.38. The van der Waals surface area contributed by atoms with E-state index in [0.717, 1.165) is 11.0 Å². The van der Waals surface area contributed by atoms with Crippen LogP contribution in [0.3, 0.4) is 0 Å². The molecule has 0 aliphatic rings. The van der Waals surface area contributed by atoms with E-state index in [9.17, 15) is 5.11 Å². The molecule has 2 aromatic rings. The number of aliphatic hydroxyl groups is 1. The Balaban J connectivity index is 2.55. The van der Waals surface area contributed by atoms with Gasteiger partial charge >= 0.3 is 0 Å². The van der Waals surface area contributed by atoms with Crippen LogP contribution in [0.2, 0.25) is 0 Å². The van der Waals surface area contributed by atoms with Crippen molar-refractivity contribution in [3.05, 3.63) is 67.5 Å². The Labute approximate surface area is 105 Å². The van der Waals surface area contributed by atoms with E-state index >= 15 is 0 Å². The summed E-state index contributed by atoms with van der Waals surface area (Å²) in [5, 5.41) is 18.5. The van der Waals surface area contributed by atoms with Gasteiger partial charge in [0.05, 0.1) is 0 Å². The summed E-state index contributed by atoms with van der Waals surface area (Å²) in [7, 11) is 0. The van der Waals surface area contributed by atoms with E-state index in [-0.39, 0.29) is 5.76 Å². The first-order chi connectivity index (χ1) is 8.76. The third-order valence-corrected chi connectivity index (χ3v) is 2.32. The van der Waals surface area contributed by atoms with Crippen molar-refractivity contribution in [3.63, 3.8) is 0 Å². The third-order valence-electron chi connectivity index (χ3n) is 2.32. The summed E-state index contributed by atoms with van der Waals surface area (Å²) in [6.45, 7) is 7.15. The molecule has 90 valence electrons. The predicted molar refractivity (Wildman–Crippen MR) is 72.9 cm³/mol. The molecule has 1 aromatic heterocycles. The second-order valence-corrected chi connectivity index (χ2v) is 3.55. The fourth-order valence-corrected chi connectivity index (χ4v) is 1.53. The van der Waals surface area contributed by atoms with Crippen LogP contribution < -0.4 is 0 Å². The fraction of sp³-hybridized carbons (Fsp3) is 0. The van der Waals surface area contributed by atoms with Gasteiger partial charge in [0.15, 0.2) is 0 Å². The Kier molecular flexibility index (Phi) is 3.38. The summed E-state index contributed by atoms with van der Waals surface area (Å²) in [6.07, 6.45) is 6.17. The SMILES string of the molecule is C=C/C=C(O)\C(=C/C=C)n1nc2ccccc2n1. The molecule has 0 unspecified atom stereocenters. The monoisotopic (exact) mass is 239 g/mol. The predicted octanol–water partition coefficient (Wildman–Crippen LogP) is 3.09. The van der Waals surface area contributed by atoms with Gasteiger partial charge in [0.1, 0.15) is 22.5 Å². The highest BCUT2D eigenvalue weighted by atomic mass is 16.3. The van der Waals surface area contributed by atoms with Crippen molar-refractivity contribution >= 4 is 16.7 Å². The van der Waals surface area contributed by atoms with Crippen LogP contribution in [0.1, 0.15) is 0 Å². The van der Waals surface area contributed by atoms with E-state index < -0.39 is 0 Å². The van der Waals surface area contributed by atoms with E-state index in [1.54, 1.807) is 12.2 Å². The summed E-state index contributed by atoms with van der Waals surface area (Å²) in [5.41, 5.74) is 1.97. The van der Waals surface area contributed by atoms with Gasteiger partial charge in [0.2, 0.25) is 0 Å². The normalized spacial score (nSPS) is 12.7. The van der Waals surface area contributed by atoms with Gasteiger partial charge in [-0.05, 0) is 24.3 Å². The molecule has 1 N–H and O–H groups in total. The van der Waals surface area contributed by atoms with Crippen LogP contribution >= 0.6 is 0 Å².